The summed E-state index contributed by atoms with van der Waals surface area (Å²) in [5.41, 5.74) is 1.24. The fourth-order valence-corrected chi connectivity index (χ4v) is 1.98. The van der Waals surface area contributed by atoms with E-state index in [1.807, 2.05) is 0 Å². The lowest BCUT2D eigenvalue weighted by atomic mass is 10.1. The lowest BCUT2D eigenvalue weighted by Gasteiger charge is -2.11. The molecule has 114 valence electrons. The number of rotatable bonds is 6. The van der Waals surface area contributed by atoms with Gasteiger partial charge in [-0.25, -0.2) is 9.78 Å². The number of hydrogen-bond acceptors (Lipinski definition) is 6. The summed E-state index contributed by atoms with van der Waals surface area (Å²) in [6, 6.07) is 8.62. The first kappa shape index (κ1) is 15.7. The van der Waals surface area contributed by atoms with Crippen LogP contribution < -0.4 is 4.74 Å². The van der Waals surface area contributed by atoms with Crippen LogP contribution in [-0.4, -0.2) is 38.4 Å². The zero-order valence-corrected chi connectivity index (χ0v) is 12.5. The van der Waals surface area contributed by atoms with E-state index < -0.39 is 5.97 Å². The summed E-state index contributed by atoms with van der Waals surface area (Å²) in [5, 5.41) is 9.70. The van der Waals surface area contributed by atoms with Crippen molar-refractivity contribution in [2.75, 3.05) is 27.4 Å². The van der Waals surface area contributed by atoms with Crippen LogP contribution in [-0.2, 0) is 9.47 Å². The van der Waals surface area contributed by atoms with Gasteiger partial charge in [-0.05, 0) is 18.2 Å². The molecular weight excluding hydrogens is 284 g/mol. The van der Waals surface area contributed by atoms with Crippen LogP contribution in [0.15, 0.2) is 24.3 Å². The number of carbonyl (C=O) groups is 1. The summed E-state index contributed by atoms with van der Waals surface area (Å²) < 4.78 is 15.4. The number of ether oxygens (including phenoxy) is 3. The second-order valence-electron chi connectivity index (χ2n) is 4.54. The second kappa shape index (κ2) is 7.38. The van der Waals surface area contributed by atoms with E-state index in [4.69, 9.17) is 19.5 Å². The van der Waals surface area contributed by atoms with Crippen molar-refractivity contribution in [3.63, 3.8) is 0 Å². The van der Waals surface area contributed by atoms with Crippen molar-refractivity contribution in [3.05, 3.63) is 35.5 Å². The van der Waals surface area contributed by atoms with Crippen molar-refractivity contribution in [1.82, 2.24) is 4.98 Å². The third-order valence-corrected chi connectivity index (χ3v) is 3.04. The van der Waals surface area contributed by atoms with Crippen molar-refractivity contribution in [3.8, 4) is 11.8 Å². The third kappa shape index (κ3) is 3.51. The monoisotopic (exact) mass is 300 g/mol. The van der Waals surface area contributed by atoms with Crippen LogP contribution in [0.3, 0.4) is 0 Å². The summed E-state index contributed by atoms with van der Waals surface area (Å²) in [6.45, 7) is 1.01. The largest absolute Gasteiger partial charge is 0.493 e. The van der Waals surface area contributed by atoms with Crippen LogP contribution in [0.5, 0.6) is 5.75 Å². The number of nitriles is 1. The van der Waals surface area contributed by atoms with Gasteiger partial charge in [0, 0.05) is 31.6 Å². The molecule has 2 rings (SSSR count). The maximum atomic E-state index is 11.7. The van der Waals surface area contributed by atoms with Crippen molar-refractivity contribution < 1.29 is 19.0 Å². The molecule has 0 bridgehead atoms. The van der Waals surface area contributed by atoms with Crippen LogP contribution in [0.25, 0.3) is 10.9 Å². The van der Waals surface area contributed by atoms with Gasteiger partial charge in [-0.3, -0.25) is 0 Å². The molecule has 1 heterocycles. The van der Waals surface area contributed by atoms with Gasteiger partial charge in [0.05, 0.1) is 30.9 Å². The van der Waals surface area contributed by atoms with E-state index in [2.05, 4.69) is 11.1 Å². The topological polar surface area (TPSA) is 81.4 Å². The number of nitrogens with zero attached hydrogens (tertiary/aromatic N) is 2. The third-order valence-electron chi connectivity index (χ3n) is 3.04. The minimum absolute atomic E-state index is 0.168. The van der Waals surface area contributed by atoms with Crippen molar-refractivity contribution in [1.29, 1.82) is 5.26 Å². The van der Waals surface area contributed by atoms with E-state index in [1.54, 1.807) is 25.3 Å². The quantitative estimate of drug-likeness (QED) is 0.601. The summed E-state index contributed by atoms with van der Waals surface area (Å²) in [4.78, 5) is 15.9. The number of benzene rings is 1. The Labute approximate surface area is 128 Å². The molecule has 0 unspecified atom stereocenters. The summed E-state index contributed by atoms with van der Waals surface area (Å²) >= 11 is 0. The van der Waals surface area contributed by atoms with E-state index in [-0.39, 0.29) is 5.69 Å². The average molecular weight is 300 g/mol. The molecule has 0 N–H and O–H groups in total. The Morgan fingerprint density at radius 2 is 2.09 bits per heavy atom. The molecule has 0 saturated carbocycles. The van der Waals surface area contributed by atoms with Gasteiger partial charge in [-0.1, -0.05) is 0 Å². The molecule has 0 atom stereocenters. The standard InChI is InChI=1S/C16H16N2O4/c1-20-6-3-7-22-15-9-14(16(19)21-2)18-13-5-4-11(10-17)8-12(13)15/h4-5,8-9H,3,6-7H2,1-2H3. The predicted octanol–water partition coefficient (Wildman–Crippen LogP) is 2.31. The molecule has 0 aliphatic carbocycles. The Balaban J connectivity index is 2.43. The van der Waals surface area contributed by atoms with Crippen LogP contribution in [0.1, 0.15) is 22.5 Å². The molecule has 0 aliphatic rings. The number of aromatic nitrogens is 1. The lowest BCUT2D eigenvalue weighted by Crippen LogP contribution is -2.07. The van der Waals surface area contributed by atoms with E-state index in [0.717, 1.165) is 0 Å². The SMILES string of the molecule is COCCCOc1cc(C(=O)OC)nc2ccc(C#N)cc12. The molecule has 0 amide bonds. The number of carbonyl (C=O) groups excluding carboxylic acids is 1. The molecule has 6 nitrogen and oxygen atoms in total. The van der Waals surface area contributed by atoms with E-state index in [9.17, 15) is 4.79 Å². The fraction of sp³-hybridized carbons (Fsp3) is 0.312. The van der Waals surface area contributed by atoms with Gasteiger partial charge < -0.3 is 14.2 Å². The number of esters is 1. The second-order valence-corrected chi connectivity index (χ2v) is 4.54. The average Bonchev–Trinajstić information content (AvgIpc) is 2.57. The number of pyridine rings is 1. The van der Waals surface area contributed by atoms with Gasteiger partial charge in [0.2, 0.25) is 0 Å². The van der Waals surface area contributed by atoms with Crippen LogP contribution in [0.2, 0.25) is 0 Å². The predicted molar refractivity (Wildman–Crippen MR) is 79.8 cm³/mol. The molecule has 0 fully saturated rings. The molecule has 0 spiro atoms. The molecular formula is C16H16N2O4. The molecule has 0 saturated heterocycles. The zero-order valence-electron chi connectivity index (χ0n) is 12.5. The van der Waals surface area contributed by atoms with E-state index in [1.165, 1.54) is 13.2 Å². The van der Waals surface area contributed by atoms with Crippen molar-refractivity contribution in [2.24, 2.45) is 0 Å². The van der Waals surface area contributed by atoms with Gasteiger partial charge in [0.15, 0.2) is 5.69 Å². The minimum Gasteiger partial charge on any atom is -0.493 e. The first-order valence-electron chi connectivity index (χ1n) is 6.74. The summed E-state index contributed by atoms with van der Waals surface area (Å²) in [6.07, 6.45) is 0.714. The first-order chi connectivity index (χ1) is 10.7. The Morgan fingerprint density at radius 3 is 2.77 bits per heavy atom. The molecule has 0 radical (unpaired) electrons. The maximum Gasteiger partial charge on any atom is 0.356 e. The Hall–Kier alpha value is -2.65. The highest BCUT2D eigenvalue weighted by Crippen LogP contribution is 2.27. The Kier molecular flexibility index (Phi) is 5.28. The minimum atomic E-state index is -0.534. The Morgan fingerprint density at radius 1 is 1.27 bits per heavy atom. The number of methoxy groups -OCH3 is 2. The first-order valence-corrected chi connectivity index (χ1v) is 6.74. The molecule has 1 aromatic heterocycles. The normalized spacial score (nSPS) is 10.2. The van der Waals surface area contributed by atoms with E-state index >= 15 is 0 Å². The zero-order chi connectivity index (χ0) is 15.9. The highest BCUT2D eigenvalue weighted by molar-refractivity contribution is 5.94. The molecule has 0 aliphatic heterocycles. The van der Waals surface area contributed by atoms with Crippen LogP contribution in [0, 0.1) is 11.3 Å². The maximum absolute atomic E-state index is 11.7. The highest BCUT2D eigenvalue weighted by Gasteiger charge is 2.14. The molecule has 6 heteroatoms. The molecule has 22 heavy (non-hydrogen) atoms. The van der Waals surface area contributed by atoms with Gasteiger partial charge in [0.25, 0.3) is 0 Å². The van der Waals surface area contributed by atoms with Gasteiger partial charge in [-0.2, -0.15) is 5.26 Å². The number of hydrogen-bond donors (Lipinski definition) is 0. The van der Waals surface area contributed by atoms with E-state index in [0.29, 0.717) is 41.9 Å². The smallest absolute Gasteiger partial charge is 0.356 e. The van der Waals surface area contributed by atoms with Gasteiger partial charge in [-0.15, -0.1) is 0 Å². The molecule has 2 aromatic rings. The summed E-state index contributed by atoms with van der Waals surface area (Å²) in [7, 11) is 2.92. The number of fused-ring (bicyclic) bond motifs is 1. The van der Waals surface area contributed by atoms with Crippen LogP contribution in [0.4, 0.5) is 0 Å². The summed E-state index contributed by atoms with van der Waals surface area (Å²) in [5.74, 6) is -0.0356. The highest BCUT2D eigenvalue weighted by atomic mass is 16.5. The Bertz CT molecular complexity index is 722. The lowest BCUT2D eigenvalue weighted by molar-refractivity contribution is 0.0594. The van der Waals surface area contributed by atoms with Crippen molar-refractivity contribution in [2.45, 2.75) is 6.42 Å². The van der Waals surface area contributed by atoms with Crippen LogP contribution >= 0.6 is 0 Å². The van der Waals surface area contributed by atoms with Gasteiger partial charge in [0.1, 0.15) is 5.75 Å². The molecule has 1 aromatic carbocycles. The van der Waals surface area contributed by atoms with Crippen molar-refractivity contribution >= 4 is 16.9 Å². The fourth-order valence-electron chi connectivity index (χ4n) is 1.98. The van der Waals surface area contributed by atoms with Gasteiger partial charge >= 0.3 is 5.97 Å².